The van der Waals surface area contributed by atoms with Gasteiger partial charge in [0.25, 0.3) is 0 Å². The normalized spacial score (nSPS) is 11.5. The van der Waals surface area contributed by atoms with Crippen molar-refractivity contribution in [1.29, 1.82) is 0 Å². The number of hydrogen-bond donors (Lipinski definition) is 2. The number of benzene rings is 3. The van der Waals surface area contributed by atoms with Crippen molar-refractivity contribution in [3.8, 4) is 0 Å². The third-order valence-electron chi connectivity index (χ3n) is 3.91. The number of fused-ring (bicyclic) bond motifs is 1. The lowest BCUT2D eigenvalue weighted by atomic mass is 10.1. The highest BCUT2D eigenvalue weighted by atomic mass is 32.2. The van der Waals surface area contributed by atoms with E-state index in [9.17, 15) is 8.42 Å². The van der Waals surface area contributed by atoms with Crippen molar-refractivity contribution in [2.75, 3.05) is 18.4 Å². The van der Waals surface area contributed by atoms with Gasteiger partial charge < -0.3 is 5.32 Å². The molecular formula is C19H20N2O2S. The van der Waals surface area contributed by atoms with E-state index in [2.05, 4.69) is 28.2 Å². The Morgan fingerprint density at radius 2 is 1.54 bits per heavy atom. The third kappa shape index (κ3) is 3.58. The molecule has 0 spiro atoms. The minimum atomic E-state index is -3.48. The molecule has 0 saturated carbocycles. The summed E-state index contributed by atoms with van der Waals surface area (Å²) in [6.45, 7) is 2.63. The Labute approximate surface area is 142 Å². The van der Waals surface area contributed by atoms with Gasteiger partial charge in [-0.3, -0.25) is 0 Å². The van der Waals surface area contributed by atoms with Crippen molar-refractivity contribution < 1.29 is 8.42 Å². The second kappa shape index (κ2) is 7.03. The first-order valence-corrected chi connectivity index (χ1v) is 9.33. The molecule has 5 heteroatoms. The van der Waals surface area contributed by atoms with E-state index in [1.165, 1.54) is 0 Å². The fourth-order valence-corrected chi connectivity index (χ4v) is 3.97. The Hall–Kier alpha value is -2.37. The molecule has 0 unspecified atom stereocenters. The molecule has 0 aliphatic rings. The third-order valence-corrected chi connectivity index (χ3v) is 5.53. The van der Waals surface area contributed by atoms with E-state index < -0.39 is 10.0 Å². The zero-order valence-electron chi connectivity index (χ0n) is 13.5. The van der Waals surface area contributed by atoms with Crippen LogP contribution in [0.3, 0.4) is 0 Å². The van der Waals surface area contributed by atoms with Crippen LogP contribution in [-0.2, 0) is 10.0 Å². The number of hydrogen-bond acceptors (Lipinski definition) is 3. The summed E-state index contributed by atoms with van der Waals surface area (Å²) < 4.78 is 27.3. The molecule has 0 aromatic heterocycles. The van der Waals surface area contributed by atoms with Gasteiger partial charge in [0.05, 0.1) is 4.90 Å². The number of rotatable bonds is 6. The maximum Gasteiger partial charge on any atom is 0.240 e. The van der Waals surface area contributed by atoms with E-state index in [4.69, 9.17) is 0 Å². The highest BCUT2D eigenvalue weighted by molar-refractivity contribution is 7.89. The first-order chi connectivity index (χ1) is 11.6. The molecule has 0 atom stereocenters. The standard InChI is InChI=1S/C19H20N2O2S/c1-15-7-2-5-12-19(15)24(22,23)21-14-13-20-18-11-6-9-16-8-3-4-10-17(16)18/h2-12,20-21H,13-14H2,1H3. The number of nitrogens with one attached hydrogen (secondary N) is 2. The van der Waals surface area contributed by atoms with Gasteiger partial charge >= 0.3 is 0 Å². The molecule has 0 bridgehead atoms. The Balaban J connectivity index is 1.64. The highest BCUT2D eigenvalue weighted by Crippen LogP contribution is 2.22. The summed E-state index contributed by atoms with van der Waals surface area (Å²) in [5.41, 5.74) is 1.75. The van der Waals surface area contributed by atoms with Crippen LogP contribution in [0.15, 0.2) is 71.6 Å². The quantitative estimate of drug-likeness (QED) is 0.675. The maximum absolute atomic E-state index is 12.3. The van der Waals surface area contributed by atoms with Gasteiger partial charge in [0, 0.05) is 24.2 Å². The molecule has 0 amide bonds. The molecule has 0 radical (unpaired) electrons. The Morgan fingerprint density at radius 1 is 0.833 bits per heavy atom. The summed E-state index contributed by atoms with van der Waals surface area (Å²) in [6, 6.07) is 21.1. The predicted octanol–water partition coefficient (Wildman–Crippen LogP) is 3.54. The molecule has 24 heavy (non-hydrogen) atoms. The fraction of sp³-hybridized carbons (Fsp3) is 0.158. The number of aryl methyl sites for hydroxylation is 1. The van der Waals surface area contributed by atoms with E-state index in [0.717, 1.165) is 22.0 Å². The summed E-state index contributed by atoms with van der Waals surface area (Å²) in [7, 11) is -3.48. The summed E-state index contributed by atoms with van der Waals surface area (Å²) in [5.74, 6) is 0. The zero-order chi connectivity index (χ0) is 17.0. The molecule has 3 aromatic carbocycles. The average molecular weight is 340 g/mol. The summed E-state index contributed by atoms with van der Waals surface area (Å²) in [4.78, 5) is 0.329. The minimum absolute atomic E-state index is 0.319. The Morgan fingerprint density at radius 3 is 2.38 bits per heavy atom. The van der Waals surface area contributed by atoms with Crippen molar-refractivity contribution >= 4 is 26.5 Å². The van der Waals surface area contributed by atoms with Gasteiger partial charge in [-0.1, -0.05) is 54.6 Å². The first kappa shape index (κ1) is 16.5. The lowest BCUT2D eigenvalue weighted by molar-refractivity contribution is 0.582. The van der Waals surface area contributed by atoms with Crippen LogP contribution < -0.4 is 10.0 Å². The SMILES string of the molecule is Cc1ccccc1S(=O)(=O)NCCNc1cccc2ccccc12. The highest BCUT2D eigenvalue weighted by Gasteiger charge is 2.15. The average Bonchev–Trinajstić information content (AvgIpc) is 2.59. The molecule has 4 nitrogen and oxygen atoms in total. The molecule has 0 aliphatic carbocycles. The van der Waals surface area contributed by atoms with Crippen molar-refractivity contribution in [3.05, 3.63) is 72.3 Å². The van der Waals surface area contributed by atoms with E-state index in [1.807, 2.05) is 30.3 Å². The molecule has 0 heterocycles. The Kier molecular flexibility index (Phi) is 4.83. The van der Waals surface area contributed by atoms with Gasteiger partial charge in [0.15, 0.2) is 0 Å². The summed E-state index contributed by atoms with van der Waals surface area (Å²) >= 11 is 0. The largest absolute Gasteiger partial charge is 0.383 e. The van der Waals surface area contributed by atoms with Gasteiger partial charge in [0.2, 0.25) is 10.0 Å². The van der Waals surface area contributed by atoms with Crippen LogP contribution in [0.25, 0.3) is 10.8 Å². The lowest BCUT2D eigenvalue weighted by Crippen LogP contribution is -2.29. The van der Waals surface area contributed by atoms with Crippen molar-refractivity contribution in [3.63, 3.8) is 0 Å². The molecule has 2 N–H and O–H groups in total. The molecule has 0 saturated heterocycles. The van der Waals surface area contributed by atoms with Crippen LogP contribution in [-0.4, -0.2) is 21.5 Å². The van der Waals surface area contributed by atoms with E-state index in [0.29, 0.717) is 18.0 Å². The van der Waals surface area contributed by atoms with Crippen LogP contribution in [0.5, 0.6) is 0 Å². The lowest BCUT2D eigenvalue weighted by Gasteiger charge is -2.12. The van der Waals surface area contributed by atoms with Crippen molar-refractivity contribution in [2.24, 2.45) is 0 Å². The van der Waals surface area contributed by atoms with Crippen LogP contribution in [0.1, 0.15) is 5.56 Å². The second-order valence-corrected chi connectivity index (χ2v) is 7.35. The van der Waals surface area contributed by atoms with E-state index >= 15 is 0 Å². The van der Waals surface area contributed by atoms with Gasteiger partial charge in [0.1, 0.15) is 0 Å². The fourth-order valence-electron chi connectivity index (χ4n) is 2.70. The summed E-state index contributed by atoms with van der Waals surface area (Å²) in [6.07, 6.45) is 0. The van der Waals surface area contributed by atoms with Gasteiger partial charge in [-0.25, -0.2) is 13.1 Å². The topological polar surface area (TPSA) is 58.2 Å². The van der Waals surface area contributed by atoms with Crippen LogP contribution >= 0.6 is 0 Å². The van der Waals surface area contributed by atoms with Crippen LogP contribution in [0, 0.1) is 6.92 Å². The van der Waals surface area contributed by atoms with Crippen LogP contribution in [0.4, 0.5) is 5.69 Å². The Bertz CT molecular complexity index is 947. The molecule has 0 fully saturated rings. The number of sulfonamides is 1. The van der Waals surface area contributed by atoms with Crippen molar-refractivity contribution in [2.45, 2.75) is 11.8 Å². The second-order valence-electron chi connectivity index (χ2n) is 5.62. The molecule has 3 aromatic rings. The smallest absolute Gasteiger partial charge is 0.240 e. The van der Waals surface area contributed by atoms with Gasteiger partial charge in [-0.2, -0.15) is 0 Å². The van der Waals surface area contributed by atoms with Gasteiger partial charge in [-0.15, -0.1) is 0 Å². The monoisotopic (exact) mass is 340 g/mol. The minimum Gasteiger partial charge on any atom is -0.383 e. The molecule has 124 valence electrons. The molecular weight excluding hydrogens is 320 g/mol. The molecule has 0 aliphatic heterocycles. The molecule has 3 rings (SSSR count). The van der Waals surface area contributed by atoms with E-state index in [1.54, 1.807) is 25.1 Å². The van der Waals surface area contributed by atoms with Crippen LogP contribution in [0.2, 0.25) is 0 Å². The van der Waals surface area contributed by atoms with E-state index in [-0.39, 0.29) is 0 Å². The van der Waals surface area contributed by atoms with Crippen molar-refractivity contribution in [1.82, 2.24) is 4.72 Å². The zero-order valence-corrected chi connectivity index (χ0v) is 14.3. The maximum atomic E-state index is 12.3. The van der Waals surface area contributed by atoms with Gasteiger partial charge in [-0.05, 0) is 30.0 Å². The summed E-state index contributed by atoms with van der Waals surface area (Å²) in [5, 5.41) is 5.58. The number of anilines is 1. The first-order valence-electron chi connectivity index (χ1n) is 7.85. The predicted molar refractivity (Wildman–Crippen MR) is 98.8 cm³/mol.